The minimum atomic E-state index is 0.573. The summed E-state index contributed by atoms with van der Waals surface area (Å²) in [6, 6.07) is 83.0. The number of para-hydroxylation sites is 4. The topological polar surface area (TPSA) is 61.7 Å². The van der Waals surface area contributed by atoms with Crippen LogP contribution in [0.3, 0.4) is 0 Å². The fourth-order valence-corrected chi connectivity index (χ4v) is 10.6. The van der Waals surface area contributed by atoms with Crippen LogP contribution in [0.2, 0.25) is 0 Å². The molecule has 6 heteroatoms. The third-order valence-electron chi connectivity index (χ3n) is 13.6. The molecule has 0 aliphatic rings. The number of furan rings is 1. The lowest BCUT2D eigenvalue weighted by Crippen LogP contribution is -2.04. The van der Waals surface area contributed by atoms with E-state index in [0.717, 1.165) is 110 Å². The van der Waals surface area contributed by atoms with Crippen LogP contribution in [0.5, 0.6) is 0 Å². The van der Waals surface area contributed by atoms with Crippen molar-refractivity contribution in [2.45, 2.75) is 0 Å². The number of rotatable bonds is 7. The van der Waals surface area contributed by atoms with Crippen LogP contribution in [0, 0.1) is 0 Å². The van der Waals surface area contributed by atoms with E-state index < -0.39 is 0 Å². The third kappa shape index (κ3) is 6.09. The molecule has 0 aliphatic carbocycles. The molecule has 14 rings (SSSR count). The number of hydrogen-bond donors (Lipinski definition) is 0. The summed E-state index contributed by atoms with van der Waals surface area (Å²) in [5.41, 5.74) is 15.0. The second-order valence-corrected chi connectivity index (χ2v) is 17.5. The first-order chi connectivity index (χ1) is 34.3. The molecular formula is C63H39N5O. The highest BCUT2D eigenvalue weighted by molar-refractivity contribution is 6.26. The van der Waals surface area contributed by atoms with Crippen molar-refractivity contribution in [3.8, 4) is 67.8 Å². The van der Waals surface area contributed by atoms with Crippen molar-refractivity contribution in [3.05, 3.63) is 237 Å². The van der Waals surface area contributed by atoms with Gasteiger partial charge in [-0.05, 0) is 59.2 Å². The van der Waals surface area contributed by atoms with E-state index in [1.165, 1.54) is 5.39 Å². The van der Waals surface area contributed by atoms with Crippen molar-refractivity contribution in [1.82, 2.24) is 24.1 Å². The predicted octanol–water partition coefficient (Wildman–Crippen LogP) is 16.3. The molecule has 0 amide bonds. The molecule has 4 heterocycles. The molecule has 10 aromatic carbocycles. The Labute approximate surface area is 396 Å². The minimum Gasteiger partial charge on any atom is -0.452 e. The van der Waals surface area contributed by atoms with Gasteiger partial charge in [-0.3, -0.25) is 0 Å². The molecule has 0 saturated heterocycles. The van der Waals surface area contributed by atoms with Crippen LogP contribution < -0.4 is 0 Å². The molecule has 0 unspecified atom stereocenters. The van der Waals surface area contributed by atoms with Crippen LogP contribution in [0.4, 0.5) is 0 Å². The molecule has 0 N–H and O–H groups in total. The Morgan fingerprint density at radius 1 is 0.261 bits per heavy atom. The normalized spacial score (nSPS) is 11.8. The van der Waals surface area contributed by atoms with Crippen molar-refractivity contribution < 1.29 is 4.42 Å². The Hall–Kier alpha value is -9.39. The second kappa shape index (κ2) is 15.6. The van der Waals surface area contributed by atoms with E-state index in [4.69, 9.17) is 19.4 Å². The number of aromatic nitrogens is 5. The average molecular weight is 882 g/mol. The zero-order valence-corrected chi connectivity index (χ0v) is 37.2. The van der Waals surface area contributed by atoms with E-state index in [0.29, 0.717) is 17.5 Å². The smallest absolute Gasteiger partial charge is 0.166 e. The Morgan fingerprint density at radius 2 is 0.638 bits per heavy atom. The van der Waals surface area contributed by atoms with Gasteiger partial charge in [0.25, 0.3) is 0 Å². The van der Waals surface area contributed by atoms with Gasteiger partial charge in [-0.25, -0.2) is 15.0 Å². The lowest BCUT2D eigenvalue weighted by molar-refractivity contribution is 0.673. The van der Waals surface area contributed by atoms with Crippen LogP contribution in [0.25, 0.3) is 133 Å². The lowest BCUT2D eigenvalue weighted by Gasteiger charge is -2.15. The zero-order chi connectivity index (χ0) is 45.4. The Morgan fingerprint density at radius 3 is 1.20 bits per heavy atom. The Bertz CT molecular complexity index is 4300. The number of benzene rings is 10. The van der Waals surface area contributed by atoms with Gasteiger partial charge in [0.2, 0.25) is 0 Å². The number of fused-ring (bicyclic) bond motifs is 11. The maximum atomic E-state index is 7.48. The van der Waals surface area contributed by atoms with Gasteiger partial charge in [0.1, 0.15) is 0 Å². The van der Waals surface area contributed by atoms with E-state index in [9.17, 15) is 0 Å². The summed E-state index contributed by atoms with van der Waals surface area (Å²) >= 11 is 0. The first kappa shape index (κ1) is 38.8. The molecule has 0 fully saturated rings. The summed E-state index contributed by atoms with van der Waals surface area (Å²) in [7, 11) is 0. The highest BCUT2D eigenvalue weighted by Crippen LogP contribution is 2.46. The molecule has 0 saturated carbocycles. The first-order valence-electron chi connectivity index (χ1n) is 23.3. The maximum Gasteiger partial charge on any atom is 0.166 e. The van der Waals surface area contributed by atoms with Crippen LogP contribution in [0.1, 0.15) is 0 Å². The molecule has 4 aromatic heterocycles. The van der Waals surface area contributed by atoms with E-state index in [1.54, 1.807) is 0 Å². The summed E-state index contributed by atoms with van der Waals surface area (Å²) in [6.07, 6.45) is 0. The molecule has 322 valence electrons. The van der Waals surface area contributed by atoms with Crippen LogP contribution in [-0.4, -0.2) is 24.1 Å². The molecule has 0 radical (unpaired) electrons. The fraction of sp³-hybridized carbons (Fsp3) is 0. The quantitative estimate of drug-likeness (QED) is 0.160. The number of hydrogen-bond acceptors (Lipinski definition) is 4. The summed E-state index contributed by atoms with van der Waals surface area (Å²) in [5.74, 6) is 1.77. The monoisotopic (exact) mass is 881 g/mol. The van der Waals surface area contributed by atoms with E-state index >= 15 is 0 Å². The highest BCUT2D eigenvalue weighted by Gasteiger charge is 2.26. The zero-order valence-electron chi connectivity index (χ0n) is 37.2. The average Bonchev–Trinajstić information content (AvgIpc) is 4.10. The first-order valence-corrected chi connectivity index (χ1v) is 23.3. The molecule has 0 atom stereocenters. The Balaban J connectivity index is 1.05. The van der Waals surface area contributed by atoms with Gasteiger partial charge in [0.05, 0.1) is 33.4 Å². The fourth-order valence-electron chi connectivity index (χ4n) is 10.6. The van der Waals surface area contributed by atoms with Crippen LogP contribution >= 0.6 is 0 Å². The van der Waals surface area contributed by atoms with Crippen molar-refractivity contribution in [1.29, 1.82) is 0 Å². The highest BCUT2D eigenvalue weighted by atomic mass is 16.3. The summed E-state index contributed by atoms with van der Waals surface area (Å²) < 4.78 is 12.2. The molecular weight excluding hydrogens is 843 g/mol. The van der Waals surface area contributed by atoms with E-state index in [-0.39, 0.29) is 0 Å². The van der Waals surface area contributed by atoms with Gasteiger partial charge in [-0.15, -0.1) is 0 Å². The standard InChI is InChI=1S/C63H39N5O/c1-4-20-40(21-5-1)43-26-10-11-30-51(43)62-64-61(42-24-8-3-9-25-42)65-63(66-62)52-31-15-19-35-56(52)68-55-34-18-14-29-46(55)48-37-39-50-49-38-36-47-45-28-13-17-33-54(45)67(57(47)59(49)69-60(50)58(48)68)53-32-16-12-27-44(53)41-22-6-2-7-23-41/h1-39H. The van der Waals surface area contributed by atoms with Gasteiger partial charge < -0.3 is 13.6 Å². The second-order valence-electron chi connectivity index (χ2n) is 17.5. The van der Waals surface area contributed by atoms with Crippen LogP contribution in [-0.2, 0) is 0 Å². The molecule has 14 aromatic rings. The van der Waals surface area contributed by atoms with Crippen LogP contribution in [0.15, 0.2) is 241 Å². The van der Waals surface area contributed by atoms with Crippen molar-refractivity contribution >= 4 is 65.6 Å². The molecule has 6 nitrogen and oxygen atoms in total. The molecule has 69 heavy (non-hydrogen) atoms. The van der Waals surface area contributed by atoms with Gasteiger partial charge in [0.15, 0.2) is 28.6 Å². The minimum absolute atomic E-state index is 0.573. The molecule has 0 aliphatic heterocycles. The van der Waals surface area contributed by atoms with Gasteiger partial charge in [0, 0.05) is 54.6 Å². The van der Waals surface area contributed by atoms with Crippen molar-refractivity contribution in [3.63, 3.8) is 0 Å². The van der Waals surface area contributed by atoms with Crippen molar-refractivity contribution in [2.24, 2.45) is 0 Å². The van der Waals surface area contributed by atoms with E-state index in [2.05, 4.69) is 215 Å². The predicted molar refractivity (Wildman–Crippen MR) is 283 cm³/mol. The Kier molecular flexibility index (Phi) is 8.79. The third-order valence-corrected chi connectivity index (χ3v) is 13.6. The van der Waals surface area contributed by atoms with Gasteiger partial charge in [-0.1, -0.05) is 194 Å². The van der Waals surface area contributed by atoms with Gasteiger partial charge in [-0.2, -0.15) is 0 Å². The largest absolute Gasteiger partial charge is 0.452 e. The number of nitrogens with zero attached hydrogens (tertiary/aromatic N) is 5. The molecule has 0 spiro atoms. The summed E-state index contributed by atoms with van der Waals surface area (Å²) in [5, 5.41) is 6.62. The van der Waals surface area contributed by atoms with Gasteiger partial charge >= 0.3 is 0 Å². The van der Waals surface area contributed by atoms with Crippen molar-refractivity contribution in [2.75, 3.05) is 0 Å². The summed E-state index contributed by atoms with van der Waals surface area (Å²) in [6.45, 7) is 0. The summed E-state index contributed by atoms with van der Waals surface area (Å²) in [4.78, 5) is 15.9. The SMILES string of the molecule is c1ccc(-c2nc(-c3ccccc3-c3ccccc3)nc(-c3ccccc3-n3c4ccccc4c4ccc5c6ccc7c8ccccc8n(-c8ccccc8-c8ccccc8)c7c6oc5c43)n2)cc1. The molecule has 0 bridgehead atoms. The van der Waals surface area contributed by atoms with E-state index in [1.807, 2.05) is 30.3 Å². The maximum absolute atomic E-state index is 7.48. The lowest BCUT2D eigenvalue weighted by atomic mass is 9.99.